The molecule has 2 rings (SSSR count). The molecular formula is C10H6FN2. The number of nitrogens with zero attached hydrogens (tertiary/aromatic N) is 2. The van der Waals surface area contributed by atoms with Gasteiger partial charge < -0.3 is 0 Å². The number of benzene rings is 1. The smallest absolute Gasteiger partial charge is 0.198 e. The van der Waals surface area contributed by atoms with Gasteiger partial charge in [-0.15, -0.1) is 0 Å². The molecular weight excluding hydrogens is 167 g/mol. The molecule has 0 unspecified atom stereocenters. The summed E-state index contributed by atoms with van der Waals surface area (Å²) in [5.74, 6) is -0.426. The minimum Gasteiger partial charge on any atom is -0.231 e. The lowest BCUT2D eigenvalue weighted by atomic mass is 10.1. The topological polar surface area (TPSA) is 25.8 Å². The Morgan fingerprint density at radius 2 is 1.92 bits per heavy atom. The Balaban J connectivity index is 2.54. The highest BCUT2D eigenvalue weighted by Crippen LogP contribution is 2.17. The molecule has 0 amide bonds. The monoisotopic (exact) mass is 173 g/mol. The Morgan fingerprint density at radius 3 is 2.62 bits per heavy atom. The van der Waals surface area contributed by atoms with E-state index in [0.29, 0.717) is 0 Å². The van der Waals surface area contributed by atoms with Crippen LogP contribution in [0, 0.1) is 12.1 Å². The van der Waals surface area contributed by atoms with Gasteiger partial charge in [-0.1, -0.05) is 30.3 Å². The molecule has 2 aromatic rings. The van der Waals surface area contributed by atoms with Gasteiger partial charge in [-0.05, 0) is 0 Å². The van der Waals surface area contributed by atoms with Crippen molar-refractivity contribution >= 4 is 0 Å². The van der Waals surface area contributed by atoms with Crippen molar-refractivity contribution in [3.63, 3.8) is 0 Å². The fraction of sp³-hybridized carbons (Fsp3) is 0. The van der Waals surface area contributed by atoms with Crippen LogP contribution in [0.4, 0.5) is 4.39 Å². The van der Waals surface area contributed by atoms with Gasteiger partial charge in [-0.2, -0.15) is 0 Å². The first-order valence-corrected chi connectivity index (χ1v) is 3.82. The summed E-state index contributed by atoms with van der Waals surface area (Å²) in [6.45, 7) is 0. The third-order valence-electron chi connectivity index (χ3n) is 1.67. The molecule has 0 aliphatic carbocycles. The summed E-state index contributed by atoms with van der Waals surface area (Å²) >= 11 is 0. The van der Waals surface area contributed by atoms with Crippen LogP contribution >= 0.6 is 0 Å². The molecule has 1 heterocycles. The summed E-state index contributed by atoms with van der Waals surface area (Å²) in [7, 11) is 0. The van der Waals surface area contributed by atoms with Crippen LogP contribution in [-0.2, 0) is 0 Å². The number of aromatic nitrogens is 2. The molecule has 0 atom stereocenters. The van der Waals surface area contributed by atoms with E-state index in [1.165, 1.54) is 0 Å². The van der Waals surface area contributed by atoms with E-state index >= 15 is 0 Å². The molecule has 1 radical (unpaired) electrons. The third-order valence-corrected chi connectivity index (χ3v) is 1.67. The van der Waals surface area contributed by atoms with Crippen LogP contribution in [0.25, 0.3) is 11.3 Å². The predicted octanol–water partition coefficient (Wildman–Crippen LogP) is 2.08. The molecule has 0 fully saturated rings. The van der Waals surface area contributed by atoms with Crippen LogP contribution in [0.3, 0.4) is 0 Å². The fourth-order valence-corrected chi connectivity index (χ4v) is 1.08. The van der Waals surface area contributed by atoms with Crippen LogP contribution < -0.4 is 0 Å². The summed E-state index contributed by atoms with van der Waals surface area (Å²) in [4.78, 5) is 7.20. The first-order chi connectivity index (χ1) is 6.38. The van der Waals surface area contributed by atoms with Crippen molar-refractivity contribution in [2.45, 2.75) is 0 Å². The maximum Gasteiger partial charge on any atom is 0.198 e. The fourth-order valence-electron chi connectivity index (χ4n) is 1.08. The van der Waals surface area contributed by atoms with E-state index < -0.39 is 5.82 Å². The molecule has 13 heavy (non-hydrogen) atoms. The average Bonchev–Trinajstić information content (AvgIpc) is 2.20. The molecule has 0 N–H and O–H groups in total. The van der Waals surface area contributed by atoms with Gasteiger partial charge in [0, 0.05) is 5.56 Å². The third kappa shape index (κ3) is 1.54. The van der Waals surface area contributed by atoms with Crippen molar-refractivity contribution in [1.29, 1.82) is 0 Å². The first-order valence-electron chi connectivity index (χ1n) is 3.82. The quantitative estimate of drug-likeness (QED) is 0.659. The summed E-state index contributed by atoms with van der Waals surface area (Å²) in [6.07, 6.45) is 3.47. The molecule has 0 bridgehead atoms. The van der Waals surface area contributed by atoms with Crippen LogP contribution in [-0.4, -0.2) is 9.97 Å². The maximum absolute atomic E-state index is 13.1. The highest BCUT2D eigenvalue weighted by atomic mass is 19.1. The maximum atomic E-state index is 13.1. The SMILES string of the molecule is Fc1cn[c]nc1-c1ccccc1. The van der Waals surface area contributed by atoms with Gasteiger partial charge in [0.05, 0.1) is 6.20 Å². The van der Waals surface area contributed by atoms with E-state index in [2.05, 4.69) is 16.3 Å². The van der Waals surface area contributed by atoms with Crippen LogP contribution in [0.15, 0.2) is 36.5 Å². The van der Waals surface area contributed by atoms with E-state index in [4.69, 9.17) is 0 Å². The lowest BCUT2D eigenvalue weighted by molar-refractivity contribution is 0.617. The Bertz CT molecular complexity index is 401. The van der Waals surface area contributed by atoms with Gasteiger partial charge in [0.1, 0.15) is 5.69 Å². The zero-order valence-corrected chi connectivity index (χ0v) is 6.74. The normalized spacial score (nSPS) is 9.92. The highest BCUT2D eigenvalue weighted by Gasteiger charge is 2.04. The molecule has 0 aliphatic rings. The second kappa shape index (κ2) is 3.31. The van der Waals surface area contributed by atoms with E-state index in [1.54, 1.807) is 12.1 Å². The van der Waals surface area contributed by atoms with E-state index in [0.717, 1.165) is 11.8 Å². The minimum absolute atomic E-state index is 0.288. The molecule has 0 aliphatic heterocycles. The number of hydrogen-bond acceptors (Lipinski definition) is 2. The molecule has 1 aromatic carbocycles. The standard InChI is InChI=1S/C10H6FN2/c11-9-6-12-7-13-10(9)8-4-2-1-3-5-8/h1-6H. The van der Waals surface area contributed by atoms with Crippen molar-refractivity contribution in [2.75, 3.05) is 0 Å². The number of hydrogen-bond donors (Lipinski definition) is 0. The van der Waals surface area contributed by atoms with Crippen LogP contribution in [0.5, 0.6) is 0 Å². The second-order valence-corrected chi connectivity index (χ2v) is 2.53. The van der Waals surface area contributed by atoms with E-state index in [9.17, 15) is 4.39 Å². The van der Waals surface area contributed by atoms with Gasteiger partial charge in [0.15, 0.2) is 12.1 Å². The van der Waals surface area contributed by atoms with Crippen molar-refractivity contribution in [1.82, 2.24) is 9.97 Å². The van der Waals surface area contributed by atoms with Gasteiger partial charge in [-0.25, -0.2) is 14.4 Å². The molecule has 1 aromatic heterocycles. The summed E-state index contributed by atoms with van der Waals surface area (Å²) < 4.78 is 13.1. The summed E-state index contributed by atoms with van der Waals surface area (Å²) in [5, 5.41) is 0. The molecule has 0 saturated heterocycles. The Morgan fingerprint density at radius 1 is 1.15 bits per heavy atom. The van der Waals surface area contributed by atoms with Crippen molar-refractivity contribution < 1.29 is 4.39 Å². The van der Waals surface area contributed by atoms with Crippen LogP contribution in [0.1, 0.15) is 0 Å². The summed E-state index contributed by atoms with van der Waals surface area (Å²) in [5.41, 5.74) is 1.02. The Kier molecular flexibility index (Phi) is 2.00. The van der Waals surface area contributed by atoms with Gasteiger partial charge in [-0.3, -0.25) is 0 Å². The zero-order chi connectivity index (χ0) is 9.10. The van der Waals surface area contributed by atoms with E-state index in [1.807, 2.05) is 18.2 Å². The van der Waals surface area contributed by atoms with Gasteiger partial charge in [0.25, 0.3) is 0 Å². The lowest BCUT2D eigenvalue weighted by Crippen LogP contribution is -1.89. The second-order valence-electron chi connectivity index (χ2n) is 2.53. The van der Waals surface area contributed by atoms with Gasteiger partial charge >= 0.3 is 0 Å². The molecule has 3 heteroatoms. The van der Waals surface area contributed by atoms with Crippen molar-refractivity contribution in [3.05, 3.63) is 48.7 Å². The zero-order valence-electron chi connectivity index (χ0n) is 6.74. The number of rotatable bonds is 1. The molecule has 0 spiro atoms. The van der Waals surface area contributed by atoms with Gasteiger partial charge in [0.2, 0.25) is 0 Å². The van der Waals surface area contributed by atoms with Crippen molar-refractivity contribution in [3.8, 4) is 11.3 Å². The predicted molar refractivity (Wildman–Crippen MR) is 46.3 cm³/mol. The van der Waals surface area contributed by atoms with Crippen LogP contribution in [0.2, 0.25) is 0 Å². The lowest BCUT2D eigenvalue weighted by Gasteiger charge is -1.99. The Hall–Kier alpha value is -1.77. The first kappa shape index (κ1) is 7.86. The molecule has 63 valence electrons. The minimum atomic E-state index is -0.426. The average molecular weight is 173 g/mol. The molecule has 2 nitrogen and oxygen atoms in total. The summed E-state index contributed by atoms with van der Waals surface area (Å²) in [6, 6.07) is 9.11. The van der Waals surface area contributed by atoms with Crippen molar-refractivity contribution in [2.24, 2.45) is 0 Å². The Labute approximate surface area is 75.1 Å². The van der Waals surface area contributed by atoms with E-state index in [-0.39, 0.29) is 5.69 Å². The largest absolute Gasteiger partial charge is 0.231 e. The number of halogens is 1. The highest BCUT2D eigenvalue weighted by molar-refractivity contribution is 5.58. The molecule has 0 saturated carbocycles.